The van der Waals surface area contributed by atoms with Gasteiger partial charge in [-0.05, 0) is 53.4 Å². The van der Waals surface area contributed by atoms with Crippen molar-refractivity contribution >= 4 is 35.5 Å². The van der Waals surface area contributed by atoms with Gasteiger partial charge in [0, 0.05) is 27.2 Å². The normalized spacial score (nSPS) is 12.9. The Morgan fingerprint density at radius 2 is 1.59 bits per heavy atom. The van der Waals surface area contributed by atoms with Gasteiger partial charge in [-0.3, -0.25) is 19.6 Å². The summed E-state index contributed by atoms with van der Waals surface area (Å²) in [6.07, 6.45) is 1.67. The van der Waals surface area contributed by atoms with E-state index in [1.54, 1.807) is 25.8 Å². The van der Waals surface area contributed by atoms with Gasteiger partial charge in [0.05, 0.1) is 17.3 Å². The van der Waals surface area contributed by atoms with Gasteiger partial charge >= 0.3 is 0 Å². The first-order chi connectivity index (χ1) is 25.5. The average molecular weight is 747 g/mol. The minimum absolute atomic E-state index is 0.0640. The van der Waals surface area contributed by atoms with Crippen molar-refractivity contribution in [1.82, 2.24) is 25.1 Å². The summed E-state index contributed by atoms with van der Waals surface area (Å²) in [6, 6.07) is 16.2. The lowest BCUT2D eigenvalue weighted by Crippen LogP contribution is -2.29. The third-order valence-corrected chi connectivity index (χ3v) is 9.61. The van der Waals surface area contributed by atoms with E-state index in [1.807, 2.05) is 26.0 Å². The highest BCUT2D eigenvalue weighted by atomic mass is 19.1. The molecule has 0 saturated carbocycles. The maximum Gasteiger partial charge on any atom is 0.263 e. The molecule has 4 aromatic rings. The van der Waals surface area contributed by atoms with Gasteiger partial charge in [0.1, 0.15) is 36.2 Å². The molecule has 0 spiro atoms. The summed E-state index contributed by atoms with van der Waals surface area (Å²) in [4.78, 5) is 34.6. The molecule has 292 valence electrons. The Labute approximate surface area is 317 Å². The number of nitrogens with one attached hydrogen (secondary N) is 6. The highest BCUT2D eigenvalue weighted by molar-refractivity contribution is 6.03. The highest BCUT2D eigenvalue weighted by Crippen LogP contribution is 2.31. The maximum absolute atomic E-state index is 13.4. The Bertz CT molecular complexity index is 1960. The number of aromatic amines is 1. The van der Waals surface area contributed by atoms with Gasteiger partial charge in [-0.25, -0.2) is 13.5 Å². The van der Waals surface area contributed by atoms with Crippen LogP contribution in [0.3, 0.4) is 0 Å². The quantitative estimate of drug-likeness (QED) is 0.0460. The molecule has 2 aromatic carbocycles. The van der Waals surface area contributed by atoms with Crippen LogP contribution >= 0.6 is 0 Å². The third kappa shape index (κ3) is 10.2. The number of hydrogen-bond acceptors (Lipinski definition) is 8. The van der Waals surface area contributed by atoms with Crippen LogP contribution in [0.25, 0.3) is 0 Å². The molecule has 54 heavy (non-hydrogen) atoms. The number of aromatic nitrogens is 4. The van der Waals surface area contributed by atoms with Crippen molar-refractivity contribution in [2.24, 2.45) is 4.99 Å². The van der Waals surface area contributed by atoms with E-state index in [2.05, 4.69) is 119 Å². The molecule has 0 saturated heterocycles. The summed E-state index contributed by atoms with van der Waals surface area (Å²) in [7, 11) is 4.95. The summed E-state index contributed by atoms with van der Waals surface area (Å²) in [5, 5.41) is 23.9. The number of hydrogen-bond donors (Lipinski definition) is 6. The summed E-state index contributed by atoms with van der Waals surface area (Å²) < 4.78 is 28.1. The van der Waals surface area contributed by atoms with Crippen LogP contribution in [0.2, 0.25) is 0 Å². The van der Waals surface area contributed by atoms with E-state index in [0.717, 1.165) is 17.5 Å². The van der Waals surface area contributed by atoms with Crippen LogP contribution in [0.4, 0.5) is 26.4 Å². The summed E-state index contributed by atoms with van der Waals surface area (Å²) in [5.41, 5.74) is 3.95. The fourth-order valence-electron chi connectivity index (χ4n) is 5.62. The van der Waals surface area contributed by atoms with E-state index < -0.39 is 24.6 Å². The van der Waals surface area contributed by atoms with Crippen molar-refractivity contribution in [3.05, 3.63) is 98.0 Å². The second-order valence-corrected chi connectivity index (χ2v) is 14.6. The fraction of sp³-hybridized carbons (Fsp3) is 0.450. The Kier molecular flexibility index (Phi) is 14.8. The molecule has 12 nitrogen and oxygen atoms in total. The highest BCUT2D eigenvalue weighted by Gasteiger charge is 2.24. The Hall–Kier alpha value is -5.40. The first-order valence-electron chi connectivity index (χ1n) is 18.0. The number of alkyl halides is 2. The number of carbonyl (C=O) groups excluding carboxylic acids is 1. The molecule has 2 aromatic heterocycles. The molecule has 6 N–H and O–H groups in total. The number of H-pyrrole nitrogens is 1. The molecule has 0 fully saturated rings. The van der Waals surface area contributed by atoms with E-state index in [4.69, 9.17) is 5.41 Å². The van der Waals surface area contributed by atoms with Crippen LogP contribution in [-0.4, -0.2) is 65.5 Å². The first kappa shape index (κ1) is 43.0. The van der Waals surface area contributed by atoms with Gasteiger partial charge in [-0.1, -0.05) is 90.1 Å². The van der Waals surface area contributed by atoms with E-state index >= 15 is 0 Å². The summed E-state index contributed by atoms with van der Waals surface area (Å²) >= 11 is 0. The van der Waals surface area contributed by atoms with Gasteiger partial charge in [0.25, 0.3) is 5.56 Å². The molecular formula is C40H56F2N10O2. The standard InChI is InChI=1S/C21H30FN5O.C19H26FN5O/c1-7-21(3,4)16-10-8-15(9-11-16)14(2)27-19(25-20(23-5)24-6)17(13-28)18(12-22)26-27;1-11(12-6-8-13(9-7-12)19(2,3)4)23-16-15(14(21)10-20)17(26)25-18(22-5)24-16/h8-11,13-14H,7,12H2,1-6H3,(H2,23,24,25);6-9,11,21H,10H2,1-5H3,(H3,22,23,24,25,26). The van der Waals surface area contributed by atoms with Crippen LogP contribution in [-0.2, 0) is 17.5 Å². The Morgan fingerprint density at radius 1 is 1.00 bits per heavy atom. The van der Waals surface area contributed by atoms with Crippen molar-refractivity contribution in [2.75, 3.05) is 43.8 Å². The molecule has 0 aliphatic carbocycles. The molecular weight excluding hydrogens is 691 g/mol. The van der Waals surface area contributed by atoms with E-state index in [0.29, 0.717) is 18.1 Å². The zero-order valence-electron chi connectivity index (χ0n) is 33.3. The molecule has 0 aliphatic rings. The van der Waals surface area contributed by atoms with Crippen molar-refractivity contribution in [3.8, 4) is 0 Å². The van der Waals surface area contributed by atoms with E-state index in [1.165, 1.54) is 11.1 Å². The van der Waals surface area contributed by atoms with Gasteiger partial charge < -0.3 is 26.7 Å². The number of guanidine groups is 1. The topological polar surface area (TPSA) is 165 Å². The Balaban J connectivity index is 0.000000291. The number of aliphatic imine (C=N–C) groups is 1. The van der Waals surface area contributed by atoms with Crippen molar-refractivity contribution in [3.63, 3.8) is 0 Å². The van der Waals surface area contributed by atoms with Gasteiger partial charge in [-0.2, -0.15) is 10.1 Å². The second-order valence-electron chi connectivity index (χ2n) is 14.6. The number of anilines is 3. The molecule has 0 amide bonds. The van der Waals surface area contributed by atoms with Crippen LogP contribution in [0.15, 0.2) is 58.3 Å². The monoisotopic (exact) mass is 746 g/mol. The van der Waals surface area contributed by atoms with Gasteiger partial charge in [0.15, 0.2) is 12.2 Å². The van der Waals surface area contributed by atoms with Crippen LogP contribution < -0.4 is 26.8 Å². The zero-order chi connectivity index (χ0) is 40.4. The largest absolute Gasteiger partial charge is 0.363 e. The second kappa shape index (κ2) is 18.6. The lowest BCUT2D eigenvalue weighted by molar-refractivity contribution is 0.112. The fourth-order valence-corrected chi connectivity index (χ4v) is 5.62. The predicted molar refractivity (Wildman–Crippen MR) is 216 cm³/mol. The van der Waals surface area contributed by atoms with Crippen molar-refractivity contribution in [2.45, 2.75) is 91.4 Å². The smallest absolute Gasteiger partial charge is 0.263 e. The summed E-state index contributed by atoms with van der Waals surface area (Å²) in [5.74, 6) is 1.32. The molecule has 0 radical (unpaired) electrons. The molecule has 4 rings (SSSR count). The molecule has 2 atom stereocenters. The van der Waals surface area contributed by atoms with Crippen LogP contribution in [0, 0.1) is 5.41 Å². The minimum atomic E-state index is -1.03. The first-order valence-corrected chi connectivity index (χ1v) is 18.0. The average Bonchev–Trinajstić information content (AvgIpc) is 3.53. The SMILES string of the molecule is CCC(C)(C)c1ccc(C(C)n2nc(CF)c(C=O)c2NC(=NC)NC)cc1.CNc1nc(NC(C)c2ccc(C(C)(C)C)cc2)c(C(=N)CF)c(=O)[nH]1. The number of carbonyl (C=O) groups is 1. The van der Waals surface area contributed by atoms with Gasteiger partial charge in [0.2, 0.25) is 5.95 Å². The Morgan fingerprint density at radius 3 is 2.07 bits per heavy atom. The third-order valence-electron chi connectivity index (χ3n) is 9.61. The lowest BCUT2D eigenvalue weighted by atomic mass is 9.82. The predicted octanol–water partition coefficient (Wildman–Crippen LogP) is 7.70. The molecule has 14 heteroatoms. The van der Waals surface area contributed by atoms with Crippen LogP contribution in [0.1, 0.15) is 118 Å². The van der Waals surface area contributed by atoms with Gasteiger partial charge in [-0.15, -0.1) is 0 Å². The number of aldehydes is 1. The zero-order valence-corrected chi connectivity index (χ0v) is 33.3. The minimum Gasteiger partial charge on any atom is -0.363 e. The number of nitrogens with zero attached hydrogens (tertiary/aromatic N) is 4. The van der Waals surface area contributed by atoms with E-state index in [-0.39, 0.29) is 51.5 Å². The number of benzene rings is 2. The summed E-state index contributed by atoms with van der Waals surface area (Å²) in [6.45, 7) is 15.1. The number of rotatable bonds is 13. The molecule has 2 heterocycles. The molecule has 0 aliphatic heterocycles. The number of halogens is 2. The maximum atomic E-state index is 13.4. The van der Waals surface area contributed by atoms with Crippen LogP contribution in [0.5, 0.6) is 0 Å². The molecule has 2 unspecified atom stereocenters. The van der Waals surface area contributed by atoms with Crippen molar-refractivity contribution < 1.29 is 13.6 Å². The lowest BCUT2D eigenvalue weighted by Gasteiger charge is -2.24. The van der Waals surface area contributed by atoms with E-state index in [9.17, 15) is 18.4 Å². The molecule has 0 bridgehead atoms. The van der Waals surface area contributed by atoms with Crippen molar-refractivity contribution in [1.29, 1.82) is 5.41 Å².